The van der Waals surface area contributed by atoms with Crippen molar-refractivity contribution >= 4 is 18.4 Å². The van der Waals surface area contributed by atoms with Crippen LogP contribution in [0.15, 0.2) is 140 Å². The Kier molecular flexibility index (Phi) is 13.0. The minimum atomic E-state index is -0.729. The second-order valence-corrected chi connectivity index (χ2v) is 12.6. The molecule has 6 aromatic rings. The lowest BCUT2D eigenvalue weighted by Gasteiger charge is -2.38. The number of benzene rings is 5. The molecule has 0 saturated carbocycles. The second-order valence-electron chi connectivity index (χ2n) is 12.6. The fourth-order valence-electron chi connectivity index (χ4n) is 6.50. The third-order valence-corrected chi connectivity index (χ3v) is 9.30. The second kappa shape index (κ2) is 17.8. The monoisotopic (exact) mass is 737 g/mol. The number of carbonyl (C=O) groups is 1. The van der Waals surface area contributed by atoms with Crippen molar-refractivity contribution in [1.82, 2.24) is 19.9 Å². The number of piperidine rings is 1. The minimum Gasteiger partial charge on any atom is -1.00 e. The van der Waals surface area contributed by atoms with Crippen LogP contribution in [0.5, 0.6) is 11.5 Å². The Morgan fingerprint density at radius 1 is 0.827 bits per heavy atom. The molecule has 8 rings (SSSR count). The van der Waals surface area contributed by atoms with Crippen LogP contribution in [0.1, 0.15) is 30.4 Å². The van der Waals surface area contributed by atoms with E-state index in [1.165, 1.54) is 5.56 Å². The summed E-state index contributed by atoms with van der Waals surface area (Å²) in [5.74, 6) is 1.72. The highest BCUT2D eigenvalue weighted by Gasteiger charge is 2.43. The number of tetrazole rings is 1. The summed E-state index contributed by atoms with van der Waals surface area (Å²) >= 11 is 0. The molecule has 3 heterocycles. The van der Waals surface area contributed by atoms with E-state index in [1.54, 1.807) is 0 Å². The van der Waals surface area contributed by atoms with Crippen LogP contribution in [0.2, 0.25) is 0 Å². The molecule has 268 valence electrons. The van der Waals surface area contributed by atoms with Crippen LogP contribution >= 0.6 is 12.4 Å². The Bertz CT molecular complexity index is 1950. The Labute approximate surface area is 316 Å². The third-order valence-electron chi connectivity index (χ3n) is 9.30. The first kappa shape index (κ1) is 38.0. The number of nitrogens with zero attached hydrogens (tertiary/aromatic N) is 5. The first-order valence-corrected chi connectivity index (χ1v) is 17.0. The van der Waals surface area contributed by atoms with E-state index < -0.39 is 5.97 Å². The smallest absolute Gasteiger partial charge is 0.340 e. The van der Waals surface area contributed by atoms with Gasteiger partial charge in [-0.3, -0.25) is 4.79 Å². The maximum Gasteiger partial charge on any atom is 0.340 e. The molecule has 9 nitrogen and oxygen atoms in total. The number of likely N-dealkylation sites (tertiary alicyclic amines) is 1. The average Bonchev–Trinajstić information content (AvgIpc) is 3.78. The summed E-state index contributed by atoms with van der Waals surface area (Å²) in [5, 5.41) is 18.3. The van der Waals surface area contributed by atoms with Crippen molar-refractivity contribution in [3.63, 3.8) is 0 Å². The molecular formula is C41H41Cl2N5O4. The lowest BCUT2D eigenvalue weighted by atomic mass is 9.74. The molecule has 0 unspecified atom stereocenters. The summed E-state index contributed by atoms with van der Waals surface area (Å²) in [6.45, 7) is 3.72. The van der Waals surface area contributed by atoms with Crippen LogP contribution < -0.4 is 26.7 Å². The number of halogens is 2. The van der Waals surface area contributed by atoms with Crippen molar-refractivity contribution in [2.45, 2.75) is 31.3 Å². The van der Waals surface area contributed by atoms with Crippen LogP contribution in [0.4, 0.5) is 0 Å². The van der Waals surface area contributed by atoms with Crippen LogP contribution in [0.3, 0.4) is 0 Å². The molecule has 0 bridgehead atoms. The number of carboxylic acid groups (broad SMARTS) is 1. The molecule has 0 aliphatic carbocycles. The van der Waals surface area contributed by atoms with Crippen LogP contribution in [-0.2, 0) is 16.8 Å². The zero-order valence-electron chi connectivity index (χ0n) is 28.6. The molecular weight excluding hydrogens is 697 g/mol. The summed E-state index contributed by atoms with van der Waals surface area (Å²) in [4.78, 5) is 16.7. The molecule has 52 heavy (non-hydrogen) atoms. The van der Waals surface area contributed by atoms with E-state index in [9.17, 15) is 4.79 Å². The van der Waals surface area contributed by atoms with Gasteiger partial charge in [0.1, 0.15) is 23.8 Å². The molecule has 1 fully saturated rings. The molecule has 5 aromatic carbocycles. The number of ether oxygens (including phenoxy) is 2. The highest BCUT2D eigenvalue weighted by Crippen LogP contribution is 2.46. The lowest BCUT2D eigenvalue weighted by Crippen LogP contribution is -3.00. The van der Waals surface area contributed by atoms with Crippen molar-refractivity contribution in [2.24, 2.45) is 0 Å². The quantitative estimate of drug-likeness (QED) is 0.224. The van der Waals surface area contributed by atoms with E-state index in [1.807, 2.05) is 131 Å². The van der Waals surface area contributed by atoms with Gasteiger partial charge in [-0.05, 0) is 83.9 Å². The van der Waals surface area contributed by atoms with Gasteiger partial charge in [0.25, 0.3) is 0 Å². The molecule has 0 amide bonds. The molecule has 1 N–H and O–H groups in total. The van der Waals surface area contributed by atoms with Gasteiger partial charge in [0.05, 0.1) is 23.7 Å². The number of para-hydroxylation sites is 2. The fourth-order valence-corrected chi connectivity index (χ4v) is 6.50. The van der Waals surface area contributed by atoms with E-state index in [4.69, 9.17) is 24.8 Å². The first-order valence-electron chi connectivity index (χ1n) is 17.0. The SMILES string of the molecule is Cl.O=C(O)CCN1CCC2(CC1)COc1cc(OCc3ccccc3)ccc12.[Cl-].c1ccc(-c2nn(-c3ccccc3)[n+](-c3ccccc3)n2)cc1. The van der Waals surface area contributed by atoms with E-state index in [0.717, 1.165) is 59.9 Å². The largest absolute Gasteiger partial charge is 1.00 e. The van der Waals surface area contributed by atoms with Crippen LogP contribution in [-0.4, -0.2) is 57.2 Å². The van der Waals surface area contributed by atoms with Crippen molar-refractivity contribution in [3.8, 4) is 34.3 Å². The van der Waals surface area contributed by atoms with Crippen molar-refractivity contribution in [1.29, 1.82) is 0 Å². The van der Waals surface area contributed by atoms with Gasteiger partial charge in [0.15, 0.2) is 5.69 Å². The Hall–Kier alpha value is -5.22. The molecule has 2 aliphatic rings. The van der Waals surface area contributed by atoms with Gasteiger partial charge in [-0.1, -0.05) is 91.0 Å². The van der Waals surface area contributed by atoms with Crippen molar-refractivity contribution < 1.29 is 36.6 Å². The third kappa shape index (κ3) is 8.98. The predicted octanol–water partition coefficient (Wildman–Crippen LogP) is 4.10. The molecule has 1 spiro atoms. The molecule has 0 atom stereocenters. The van der Waals surface area contributed by atoms with Crippen molar-refractivity contribution in [3.05, 3.63) is 151 Å². The highest BCUT2D eigenvalue weighted by atomic mass is 35.5. The number of aliphatic carboxylic acids is 1. The van der Waals surface area contributed by atoms with Gasteiger partial charge in [-0.2, -0.15) is 0 Å². The predicted molar refractivity (Wildman–Crippen MR) is 198 cm³/mol. The van der Waals surface area contributed by atoms with Crippen LogP contribution in [0.25, 0.3) is 22.8 Å². The number of carboxylic acids is 1. The fraction of sp³-hybridized carbons (Fsp3) is 0.220. The summed E-state index contributed by atoms with van der Waals surface area (Å²) in [5.41, 5.74) is 5.40. The van der Waals surface area contributed by atoms with Gasteiger partial charge >= 0.3 is 11.8 Å². The Balaban J connectivity index is 0.000000196. The molecule has 1 aromatic heterocycles. The zero-order valence-corrected chi connectivity index (χ0v) is 30.2. The summed E-state index contributed by atoms with van der Waals surface area (Å²) < 4.78 is 11.9. The van der Waals surface area contributed by atoms with Gasteiger partial charge in [-0.25, -0.2) is 0 Å². The van der Waals surface area contributed by atoms with Crippen LogP contribution in [0, 0.1) is 0 Å². The van der Waals surface area contributed by atoms with E-state index >= 15 is 0 Å². The van der Waals surface area contributed by atoms with Gasteiger partial charge in [-0.15, -0.1) is 12.4 Å². The number of hydrogen-bond donors (Lipinski definition) is 1. The molecule has 11 heteroatoms. The number of rotatable bonds is 9. The first-order chi connectivity index (χ1) is 24.6. The maximum absolute atomic E-state index is 10.8. The molecule has 1 saturated heterocycles. The number of hydrogen-bond acceptors (Lipinski definition) is 6. The van der Waals surface area contributed by atoms with Gasteiger partial charge < -0.3 is 31.9 Å². The maximum atomic E-state index is 10.8. The Morgan fingerprint density at radius 3 is 2.10 bits per heavy atom. The summed E-state index contributed by atoms with van der Waals surface area (Å²) in [6, 6.07) is 46.3. The van der Waals surface area contributed by atoms with E-state index in [2.05, 4.69) is 23.1 Å². The van der Waals surface area contributed by atoms with Gasteiger partial charge in [0.2, 0.25) is 0 Å². The van der Waals surface area contributed by atoms with E-state index in [0.29, 0.717) is 25.6 Å². The minimum absolute atomic E-state index is 0. The zero-order chi connectivity index (χ0) is 34.2. The highest BCUT2D eigenvalue weighted by molar-refractivity contribution is 5.85. The molecule has 2 aliphatic heterocycles. The average molecular weight is 739 g/mol. The van der Waals surface area contributed by atoms with Gasteiger partial charge in [0, 0.05) is 28.4 Å². The summed E-state index contributed by atoms with van der Waals surface area (Å²) in [6.07, 6.45) is 2.22. The van der Waals surface area contributed by atoms with E-state index in [-0.39, 0.29) is 36.6 Å². The topological polar surface area (TPSA) is 93.6 Å². The number of aromatic nitrogens is 4. The Morgan fingerprint density at radius 2 is 1.44 bits per heavy atom. The number of fused-ring (bicyclic) bond motifs is 2. The summed E-state index contributed by atoms with van der Waals surface area (Å²) in [7, 11) is 0. The standard InChI is InChI=1S/C22H25NO4.C19H15N4.2ClH/c24-21(25)8-11-23-12-9-22(10-13-23)16-27-20-14-18(6-7-19(20)22)26-15-17-4-2-1-3-5-17;1-4-10-16(11-5-1)19-20-22(17-12-6-2-7-13-17)23(21-19)18-14-8-3-9-15-18;;/h1-7,14H,8-13,15-16H2,(H,24,25);1-15H;2*1H/q;+1;;/p-1. The lowest BCUT2D eigenvalue weighted by molar-refractivity contribution is -0.734. The normalized spacial score (nSPS) is 14.1. The molecule has 0 radical (unpaired) electrons. The van der Waals surface area contributed by atoms with Crippen molar-refractivity contribution in [2.75, 3.05) is 26.2 Å².